The molecule has 0 saturated carbocycles. The van der Waals surface area contributed by atoms with Gasteiger partial charge in [0.25, 0.3) is 0 Å². The number of halogens is 1. The highest BCUT2D eigenvalue weighted by Crippen LogP contribution is 2.36. The summed E-state index contributed by atoms with van der Waals surface area (Å²) in [5.74, 6) is 0.0585. The summed E-state index contributed by atoms with van der Waals surface area (Å²) in [6.07, 6.45) is 1.43. The van der Waals surface area contributed by atoms with Crippen molar-refractivity contribution in [2.45, 2.75) is 18.3 Å². The Morgan fingerprint density at radius 1 is 1.00 bits per heavy atom. The number of carbonyl (C=O) groups excluding carboxylic acids is 1. The van der Waals surface area contributed by atoms with Gasteiger partial charge in [-0.25, -0.2) is 0 Å². The van der Waals surface area contributed by atoms with Crippen LogP contribution in [0.2, 0.25) is 0 Å². The van der Waals surface area contributed by atoms with Crippen LogP contribution in [-0.2, 0) is 14.9 Å². The van der Waals surface area contributed by atoms with Crippen LogP contribution in [0.4, 0.5) is 5.69 Å². The Morgan fingerprint density at radius 2 is 1.64 bits per heavy atom. The molecule has 0 aliphatic carbocycles. The largest absolute Gasteiger partial charge is 0.381 e. The molecule has 0 spiro atoms. The molecule has 1 N–H and O–H groups in total. The third-order valence-corrected chi connectivity index (χ3v) is 4.93. The Kier molecular flexibility index (Phi) is 4.78. The molecule has 0 aromatic heterocycles. The lowest BCUT2D eigenvalue weighted by Crippen LogP contribution is -2.44. The van der Waals surface area contributed by atoms with Crippen LogP contribution < -0.4 is 5.32 Å². The lowest BCUT2D eigenvalue weighted by molar-refractivity contribution is -0.125. The predicted molar refractivity (Wildman–Crippen MR) is 96.0 cm³/mol. The second-order valence-electron chi connectivity index (χ2n) is 5.52. The van der Waals surface area contributed by atoms with Crippen molar-refractivity contribution >= 4 is 34.2 Å². The van der Waals surface area contributed by atoms with Gasteiger partial charge in [0, 0.05) is 22.5 Å². The van der Waals surface area contributed by atoms with Crippen molar-refractivity contribution < 1.29 is 9.53 Å². The molecule has 1 saturated heterocycles. The molecular weight excluding hydrogens is 389 g/mol. The molecule has 2 aromatic rings. The van der Waals surface area contributed by atoms with Gasteiger partial charge in [0.2, 0.25) is 5.91 Å². The summed E-state index contributed by atoms with van der Waals surface area (Å²) in [7, 11) is 0. The number of nitrogens with one attached hydrogen (secondary N) is 1. The fourth-order valence-electron chi connectivity index (χ4n) is 2.91. The first-order valence-electron chi connectivity index (χ1n) is 7.41. The fraction of sp³-hybridized carbons (Fsp3) is 0.278. The van der Waals surface area contributed by atoms with Gasteiger partial charge < -0.3 is 10.1 Å². The molecule has 0 unspecified atom stereocenters. The van der Waals surface area contributed by atoms with Gasteiger partial charge in [0.15, 0.2) is 0 Å². The summed E-state index contributed by atoms with van der Waals surface area (Å²) in [6.45, 7) is 1.24. The Bertz CT molecular complexity index is 634. The quantitative estimate of drug-likeness (QED) is 0.782. The average Bonchev–Trinajstić information content (AvgIpc) is 2.58. The molecule has 1 aliphatic heterocycles. The van der Waals surface area contributed by atoms with Crippen molar-refractivity contribution in [3.05, 3.63) is 63.7 Å². The van der Waals surface area contributed by atoms with Crippen molar-refractivity contribution in [3.63, 3.8) is 0 Å². The number of carbonyl (C=O) groups is 1. The zero-order valence-electron chi connectivity index (χ0n) is 12.2. The van der Waals surface area contributed by atoms with Crippen molar-refractivity contribution in [3.8, 4) is 0 Å². The molecule has 1 amide bonds. The van der Waals surface area contributed by atoms with E-state index in [0.717, 1.165) is 14.8 Å². The van der Waals surface area contributed by atoms with Crippen LogP contribution in [0.15, 0.2) is 54.6 Å². The Hall–Kier alpha value is -1.40. The van der Waals surface area contributed by atoms with Crippen LogP contribution in [0.25, 0.3) is 0 Å². The van der Waals surface area contributed by atoms with Gasteiger partial charge in [-0.1, -0.05) is 30.3 Å². The number of hydrogen-bond acceptors (Lipinski definition) is 2. The van der Waals surface area contributed by atoms with Crippen LogP contribution in [0.5, 0.6) is 0 Å². The lowest BCUT2D eigenvalue weighted by Gasteiger charge is -2.36. The van der Waals surface area contributed by atoms with Crippen molar-refractivity contribution in [2.75, 3.05) is 18.5 Å². The van der Waals surface area contributed by atoms with Crippen LogP contribution >= 0.6 is 22.6 Å². The molecule has 0 bridgehead atoms. The summed E-state index contributed by atoms with van der Waals surface area (Å²) in [5.41, 5.74) is 1.41. The number of amides is 1. The Labute approximate surface area is 144 Å². The normalized spacial score (nSPS) is 17.0. The second-order valence-corrected chi connectivity index (χ2v) is 6.77. The zero-order valence-corrected chi connectivity index (χ0v) is 14.4. The van der Waals surface area contributed by atoms with Crippen LogP contribution in [0.1, 0.15) is 18.4 Å². The van der Waals surface area contributed by atoms with Gasteiger partial charge >= 0.3 is 0 Å². The van der Waals surface area contributed by atoms with E-state index in [2.05, 4.69) is 27.9 Å². The van der Waals surface area contributed by atoms with E-state index in [1.807, 2.05) is 54.6 Å². The molecule has 114 valence electrons. The zero-order chi connectivity index (χ0) is 15.4. The van der Waals surface area contributed by atoms with Gasteiger partial charge in [-0.15, -0.1) is 0 Å². The fourth-order valence-corrected chi connectivity index (χ4v) is 3.27. The minimum Gasteiger partial charge on any atom is -0.381 e. The summed E-state index contributed by atoms with van der Waals surface area (Å²) >= 11 is 2.26. The maximum absolute atomic E-state index is 13.0. The van der Waals surface area contributed by atoms with E-state index in [-0.39, 0.29) is 5.91 Å². The molecule has 3 rings (SSSR count). The standard InChI is InChI=1S/C18H18INO2/c19-15-6-8-16(9-7-15)20-17(21)18(10-12-22-13-11-18)14-4-2-1-3-5-14/h1-9H,10-13H2,(H,20,21). The number of ether oxygens (including phenoxy) is 1. The van der Waals surface area contributed by atoms with Crippen LogP contribution in [0.3, 0.4) is 0 Å². The van der Waals surface area contributed by atoms with E-state index in [1.54, 1.807) is 0 Å². The van der Waals surface area contributed by atoms with E-state index in [1.165, 1.54) is 0 Å². The molecule has 1 heterocycles. The van der Waals surface area contributed by atoms with E-state index in [0.29, 0.717) is 26.1 Å². The van der Waals surface area contributed by atoms with E-state index in [9.17, 15) is 4.79 Å². The van der Waals surface area contributed by atoms with E-state index >= 15 is 0 Å². The summed E-state index contributed by atoms with van der Waals surface area (Å²) in [6, 6.07) is 17.9. The summed E-state index contributed by atoms with van der Waals surface area (Å²) in [5, 5.41) is 3.08. The summed E-state index contributed by atoms with van der Waals surface area (Å²) < 4.78 is 6.63. The average molecular weight is 407 g/mol. The molecule has 1 aliphatic rings. The minimum atomic E-state index is -0.498. The molecule has 22 heavy (non-hydrogen) atoms. The van der Waals surface area contributed by atoms with Gasteiger partial charge in [-0.2, -0.15) is 0 Å². The van der Waals surface area contributed by atoms with Gasteiger partial charge in [0.05, 0.1) is 5.41 Å². The first-order chi connectivity index (χ1) is 10.7. The van der Waals surface area contributed by atoms with Gasteiger partial charge in [-0.05, 0) is 65.3 Å². The molecule has 0 radical (unpaired) electrons. The van der Waals surface area contributed by atoms with E-state index < -0.39 is 5.41 Å². The first kappa shape index (κ1) is 15.5. The monoisotopic (exact) mass is 407 g/mol. The predicted octanol–water partition coefficient (Wildman–Crippen LogP) is 3.98. The molecule has 0 atom stereocenters. The van der Waals surface area contributed by atoms with Gasteiger partial charge in [-0.3, -0.25) is 4.79 Å². The van der Waals surface area contributed by atoms with Crippen molar-refractivity contribution in [1.29, 1.82) is 0 Å². The van der Waals surface area contributed by atoms with E-state index in [4.69, 9.17) is 4.74 Å². The lowest BCUT2D eigenvalue weighted by atomic mass is 9.73. The maximum Gasteiger partial charge on any atom is 0.235 e. The van der Waals surface area contributed by atoms with Gasteiger partial charge in [0.1, 0.15) is 0 Å². The molecule has 1 fully saturated rings. The molecular formula is C18H18INO2. The number of benzene rings is 2. The molecule has 2 aromatic carbocycles. The minimum absolute atomic E-state index is 0.0585. The highest BCUT2D eigenvalue weighted by molar-refractivity contribution is 14.1. The molecule has 4 heteroatoms. The highest BCUT2D eigenvalue weighted by Gasteiger charge is 2.41. The Morgan fingerprint density at radius 3 is 2.27 bits per heavy atom. The Balaban J connectivity index is 1.89. The van der Waals surface area contributed by atoms with Crippen molar-refractivity contribution in [1.82, 2.24) is 0 Å². The smallest absolute Gasteiger partial charge is 0.235 e. The molecule has 3 nitrogen and oxygen atoms in total. The highest BCUT2D eigenvalue weighted by atomic mass is 127. The topological polar surface area (TPSA) is 38.3 Å². The SMILES string of the molecule is O=C(Nc1ccc(I)cc1)C1(c2ccccc2)CCOCC1. The second kappa shape index (κ2) is 6.79. The van der Waals surface area contributed by atoms with Crippen molar-refractivity contribution in [2.24, 2.45) is 0 Å². The number of hydrogen-bond donors (Lipinski definition) is 1. The van der Waals surface area contributed by atoms with Crippen LogP contribution in [0, 0.1) is 3.57 Å². The summed E-state index contributed by atoms with van der Waals surface area (Å²) in [4.78, 5) is 13.0. The van der Waals surface area contributed by atoms with Crippen LogP contribution in [-0.4, -0.2) is 19.1 Å². The maximum atomic E-state index is 13.0. The third-order valence-electron chi connectivity index (χ3n) is 4.21. The number of rotatable bonds is 3. The third kappa shape index (κ3) is 3.17. The first-order valence-corrected chi connectivity index (χ1v) is 8.49. The number of anilines is 1.